The first kappa shape index (κ1) is 17.1. The highest BCUT2D eigenvalue weighted by atomic mass is 35.5. The summed E-state index contributed by atoms with van der Waals surface area (Å²) in [6.45, 7) is 1.64. The Morgan fingerprint density at radius 3 is 2.64 bits per heavy atom. The number of hydrogen-bond donors (Lipinski definition) is 3. The Bertz CT molecular complexity index is 1030. The van der Waals surface area contributed by atoms with Crippen LogP contribution in [0.4, 0.5) is 5.69 Å². The van der Waals surface area contributed by atoms with Gasteiger partial charge in [-0.1, -0.05) is 23.2 Å². The number of aryl methyl sites for hydroxylation is 1. The molecule has 1 amide bonds. The molecule has 9 heteroatoms. The van der Waals surface area contributed by atoms with Crippen molar-refractivity contribution < 1.29 is 19.8 Å². The number of phenols is 1. The third-order valence-corrected chi connectivity index (χ3v) is 4.00. The molecular formula is C16H11Cl2N3O4. The molecular weight excluding hydrogens is 369 g/mol. The maximum atomic E-state index is 12.6. The number of fused-ring (bicyclic) bond motifs is 1. The number of rotatable bonds is 3. The molecule has 3 N–H and O–H groups in total. The molecule has 25 heavy (non-hydrogen) atoms. The van der Waals surface area contributed by atoms with Crippen LogP contribution in [0.2, 0.25) is 10.0 Å². The summed E-state index contributed by atoms with van der Waals surface area (Å²) in [4.78, 5) is 28.0. The van der Waals surface area contributed by atoms with Crippen molar-refractivity contribution in [3.05, 3.63) is 57.5 Å². The highest BCUT2D eigenvalue weighted by Gasteiger charge is 2.20. The van der Waals surface area contributed by atoms with E-state index in [-0.39, 0.29) is 16.9 Å². The topological polar surface area (TPSA) is 104 Å². The van der Waals surface area contributed by atoms with E-state index in [0.717, 1.165) is 6.07 Å². The van der Waals surface area contributed by atoms with Crippen molar-refractivity contribution in [3.8, 4) is 5.75 Å². The molecule has 2 aromatic heterocycles. The van der Waals surface area contributed by atoms with Crippen LogP contribution in [0, 0.1) is 6.92 Å². The van der Waals surface area contributed by atoms with Crippen LogP contribution in [0.1, 0.15) is 26.5 Å². The fourth-order valence-corrected chi connectivity index (χ4v) is 2.95. The first-order valence-corrected chi connectivity index (χ1v) is 7.75. The molecule has 0 bridgehead atoms. The van der Waals surface area contributed by atoms with Crippen molar-refractivity contribution in [2.45, 2.75) is 6.92 Å². The van der Waals surface area contributed by atoms with Crippen LogP contribution in [0.5, 0.6) is 5.75 Å². The van der Waals surface area contributed by atoms with Crippen LogP contribution in [0.25, 0.3) is 5.65 Å². The Morgan fingerprint density at radius 2 is 1.96 bits per heavy atom. The van der Waals surface area contributed by atoms with Gasteiger partial charge in [-0.25, -0.2) is 9.78 Å². The van der Waals surface area contributed by atoms with Gasteiger partial charge in [-0.2, -0.15) is 0 Å². The molecule has 0 spiro atoms. The monoisotopic (exact) mass is 379 g/mol. The molecule has 0 saturated carbocycles. The summed E-state index contributed by atoms with van der Waals surface area (Å²) in [6.07, 6.45) is 1.51. The normalized spacial score (nSPS) is 10.8. The van der Waals surface area contributed by atoms with Gasteiger partial charge in [0.2, 0.25) is 0 Å². The fraction of sp³-hybridized carbons (Fsp3) is 0.0625. The SMILES string of the molecule is Cc1nc2c(Cl)cc(Cl)cn2c1C(=O)Nc1ccc(O)c(C(=O)O)c1. The first-order valence-electron chi connectivity index (χ1n) is 6.99. The molecule has 0 radical (unpaired) electrons. The molecule has 0 aliphatic carbocycles. The Morgan fingerprint density at radius 1 is 1.24 bits per heavy atom. The number of benzene rings is 1. The Labute approximate surface area is 151 Å². The van der Waals surface area contributed by atoms with Gasteiger partial charge >= 0.3 is 5.97 Å². The number of nitrogens with one attached hydrogen (secondary N) is 1. The van der Waals surface area contributed by atoms with Gasteiger partial charge in [-0.15, -0.1) is 0 Å². The predicted molar refractivity (Wildman–Crippen MR) is 93.0 cm³/mol. The molecule has 1 aromatic carbocycles. The summed E-state index contributed by atoms with van der Waals surface area (Å²) in [5.41, 5.74) is 0.912. The first-order chi connectivity index (χ1) is 11.8. The van der Waals surface area contributed by atoms with Crippen molar-refractivity contribution in [2.75, 3.05) is 5.32 Å². The van der Waals surface area contributed by atoms with Gasteiger partial charge in [0.25, 0.3) is 5.91 Å². The second-order valence-electron chi connectivity index (χ2n) is 5.24. The second kappa shape index (κ2) is 6.27. The number of aromatic nitrogens is 2. The van der Waals surface area contributed by atoms with Gasteiger partial charge in [-0.05, 0) is 31.2 Å². The largest absolute Gasteiger partial charge is 0.507 e. The summed E-state index contributed by atoms with van der Waals surface area (Å²) in [6, 6.07) is 5.26. The van der Waals surface area contributed by atoms with E-state index in [9.17, 15) is 14.7 Å². The lowest BCUT2D eigenvalue weighted by molar-refractivity contribution is 0.0693. The van der Waals surface area contributed by atoms with Crippen molar-refractivity contribution in [2.24, 2.45) is 0 Å². The van der Waals surface area contributed by atoms with Crippen molar-refractivity contribution in [1.82, 2.24) is 9.38 Å². The number of aromatic hydroxyl groups is 1. The number of carbonyl (C=O) groups excluding carboxylic acids is 1. The number of imidazole rings is 1. The minimum atomic E-state index is -1.31. The summed E-state index contributed by atoms with van der Waals surface area (Å²) in [5.74, 6) is -2.22. The Balaban J connectivity index is 2.03. The molecule has 7 nitrogen and oxygen atoms in total. The van der Waals surface area contributed by atoms with Crippen LogP contribution in [0.3, 0.4) is 0 Å². The number of halogens is 2. The molecule has 2 heterocycles. The third-order valence-electron chi connectivity index (χ3n) is 3.52. The molecule has 128 valence electrons. The van der Waals surface area contributed by atoms with E-state index in [1.807, 2.05) is 0 Å². The highest BCUT2D eigenvalue weighted by Crippen LogP contribution is 2.26. The number of carboxylic acid groups (broad SMARTS) is 1. The van der Waals surface area contributed by atoms with E-state index >= 15 is 0 Å². The third kappa shape index (κ3) is 3.11. The van der Waals surface area contributed by atoms with Gasteiger partial charge in [0.15, 0.2) is 5.65 Å². The molecule has 0 unspecified atom stereocenters. The van der Waals surface area contributed by atoms with Crippen LogP contribution in [-0.2, 0) is 0 Å². The van der Waals surface area contributed by atoms with Gasteiger partial charge in [0, 0.05) is 11.9 Å². The summed E-state index contributed by atoms with van der Waals surface area (Å²) >= 11 is 12.1. The number of nitrogens with zero attached hydrogens (tertiary/aromatic N) is 2. The lowest BCUT2D eigenvalue weighted by Crippen LogP contribution is -2.16. The van der Waals surface area contributed by atoms with Crippen LogP contribution in [-0.4, -0.2) is 31.5 Å². The summed E-state index contributed by atoms with van der Waals surface area (Å²) in [5, 5.41) is 21.8. The standard InChI is InChI=1S/C16H11Cl2N3O4/c1-7-13(21-6-8(17)4-11(18)14(21)19-7)15(23)20-9-2-3-12(22)10(5-9)16(24)25/h2-6,22H,1H3,(H,20,23)(H,24,25). The summed E-state index contributed by atoms with van der Waals surface area (Å²) < 4.78 is 1.47. The predicted octanol–water partition coefficient (Wildman–Crippen LogP) is 3.61. The number of hydrogen-bond acceptors (Lipinski definition) is 4. The Hall–Kier alpha value is -2.77. The van der Waals surface area contributed by atoms with Crippen LogP contribution < -0.4 is 5.32 Å². The molecule has 0 aliphatic heterocycles. The number of amides is 1. The number of aromatic carboxylic acids is 1. The Kier molecular flexibility index (Phi) is 4.28. The number of anilines is 1. The lowest BCUT2D eigenvalue weighted by atomic mass is 10.1. The van der Waals surface area contributed by atoms with Crippen molar-refractivity contribution in [1.29, 1.82) is 0 Å². The maximum Gasteiger partial charge on any atom is 0.339 e. The van der Waals surface area contributed by atoms with E-state index in [2.05, 4.69) is 10.3 Å². The van der Waals surface area contributed by atoms with Gasteiger partial charge < -0.3 is 15.5 Å². The maximum absolute atomic E-state index is 12.6. The van der Waals surface area contributed by atoms with E-state index in [0.29, 0.717) is 21.4 Å². The van der Waals surface area contributed by atoms with E-state index in [4.69, 9.17) is 28.3 Å². The highest BCUT2D eigenvalue weighted by molar-refractivity contribution is 6.36. The van der Waals surface area contributed by atoms with E-state index in [1.165, 1.54) is 28.8 Å². The van der Waals surface area contributed by atoms with Crippen molar-refractivity contribution in [3.63, 3.8) is 0 Å². The zero-order valence-electron chi connectivity index (χ0n) is 12.7. The minimum Gasteiger partial charge on any atom is -0.507 e. The van der Waals surface area contributed by atoms with E-state index < -0.39 is 17.6 Å². The zero-order chi connectivity index (χ0) is 18.3. The quantitative estimate of drug-likeness (QED) is 0.603. The molecule has 0 aliphatic rings. The molecule has 3 aromatic rings. The molecule has 0 atom stereocenters. The van der Waals surface area contributed by atoms with Crippen LogP contribution in [0.15, 0.2) is 30.5 Å². The smallest absolute Gasteiger partial charge is 0.339 e. The number of carboxylic acids is 1. The average molecular weight is 380 g/mol. The molecule has 0 saturated heterocycles. The van der Waals surface area contributed by atoms with Crippen LogP contribution >= 0.6 is 23.2 Å². The zero-order valence-corrected chi connectivity index (χ0v) is 14.3. The minimum absolute atomic E-state index is 0.211. The number of carbonyl (C=O) groups is 2. The number of pyridine rings is 1. The molecule has 0 fully saturated rings. The van der Waals surface area contributed by atoms with Gasteiger partial charge in [0.05, 0.1) is 15.7 Å². The van der Waals surface area contributed by atoms with Gasteiger partial charge in [0.1, 0.15) is 17.0 Å². The second-order valence-corrected chi connectivity index (χ2v) is 6.08. The van der Waals surface area contributed by atoms with E-state index in [1.54, 1.807) is 6.92 Å². The molecule has 3 rings (SSSR count). The average Bonchev–Trinajstić information content (AvgIpc) is 2.85. The van der Waals surface area contributed by atoms with Gasteiger partial charge in [-0.3, -0.25) is 9.20 Å². The lowest BCUT2D eigenvalue weighted by Gasteiger charge is -2.08. The summed E-state index contributed by atoms with van der Waals surface area (Å²) in [7, 11) is 0. The van der Waals surface area contributed by atoms with Crippen molar-refractivity contribution >= 4 is 46.4 Å². The fourth-order valence-electron chi connectivity index (χ4n) is 2.44.